The van der Waals surface area contributed by atoms with Crippen LogP contribution in [0.25, 0.3) is 0 Å². The van der Waals surface area contributed by atoms with Crippen molar-refractivity contribution in [1.82, 2.24) is 0 Å². The van der Waals surface area contributed by atoms with Crippen molar-refractivity contribution < 1.29 is 18.4 Å². The Balaban J connectivity index is 5.03. The van der Waals surface area contributed by atoms with Crippen LogP contribution in [0.2, 0.25) is 0 Å². The maximum absolute atomic E-state index is 12.6. The Morgan fingerprint density at radius 3 is 2.06 bits per heavy atom. The van der Waals surface area contributed by atoms with Crippen molar-refractivity contribution in [3.8, 4) is 0 Å². The van der Waals surface area contributed by atoms with Crippen molar-refractivity contribution in [1.29, 1.82) is 0 Å². The van der Waals surface area contributed by atoms with Crippen molar-refractivity contribution in [2.75, 3.05) is 13.2 Å². The average molecular weight is 279 g/mol. The monoisotopic (exact) mass is 279 g/mol. The van der Waals surface area contributed by atoms with Crippen LogP contribution in [0.3, 0.4) is 0 Å². The van der Waals surface area contributed by atoms with Gasteiger partial charge in [0.05, 0.1) is 13.2 Å². The molecule has 0 spiro atoms. The zero-order valence-electron chi connectivity index (χ0n) is 11.8. The molecule has 2 unspecified atom stereocenters. The lowest BCUT2D eigenvalue weighted by Crippen LogP contribution is -2.40. The van der Waals surface area contributed by atoms with Gasteiger partial charge in [-0.1, -0.05) is 19.8 Å². The van der Waals surface area contributed by atoms with Gasteiger partial charge >= 0.3 is 7.60 Å². The third-order valence-corrected chi connectivity index (χ3v) is 5.34. The summed E-state index contributed by atoms with van der Waals surface area (Å²) in [5.41, 5.74) is 5.14. The SMILES string of the molecule is CCCCC(N)C(C(C)=O)P(=O)(OCC)OCC. The molecule has 0 aromatic heterocycles. The highest BCUT2D eigenvalue weighted by Crippen LogP contribution is 2.54. The van der Waals surface area contributed by atoms with E-state index in [1.165, 1.54) is 6.92 Å². The molecule has 0 aliphatic rings. The second-order valence-electron chi connectivity index (χ2n) is 4.24. The molecule has 0 bridgehead atoms. The van der Waals surface area contributed by atoms with Crippen LogP contribution in [0.5, 0.6) is 0 Å². The molecule has 0 amide bonds. The van der Waals surface area contributed by atoms with E-state index in [9.17, 15) is 9.36 Å². The van der Waals surface area contributed by atoms with E-state index >= 15 is 0 Å². The van der Waals surface area contributed by atoms with Crippen LogP contribution in [0.4, 0.5) is 0 Å². The summed E-state index contributed by atoms with van der Waals surface area (Å²) in [7, 11) is -3.46. The van der Waals surface area contributed by atoms with E-state index in [1.54, 1.807) is 13.8 Å². The Bertz CT molecular complexity index is 286. The lowest BCUT2D eigenvalue weighted by molar-refractivity contribution is -0.117. The van der Waals surface area contributed by atoms with Gasteiger partial charge in [-0.05, 0) is 27.2 Å². The van der Waals surface area contributed by atoms with E-state index in [0.29, 0.717) is 6.42 Å². The topological polar surface area (TPSA) is 78.6 Å². The molecule has 0 aliphatic carbocycles. The smallest absolute Gasteiger partial charge is 0.326 e. The molecule has 5 nitrogen and oxygen atoms in total. The lowest BCUT2D eigenvalue weighted by atomic mass is 10.1. The van der Waals surface area contributed by atoms with E-state index in [4.69, 9.17) is 14.8 Å². The maximum atomic E-state index is 12.6. The van der Waals surface area contributed by atoms with E-state index in [2.05, 4.69) is 0 Å². The molecule has 0 rings (SSSR count). The van der Waals surface area contributed by atoms with E-state index < -0.39 is 19.3 Å². The van der Waals surface area contributed by atoms with Gasteiger partial charge < -0.3 is 14.8 Å². The van der Waals surface area contributed by atoms with Crippen molar-refractivity contribution in [3.05, 3.63) is 0 Å². The van der Waals surface area contributed by atoms with Gasteiger partial charge in [0.2, 0.25) is 0 Å². The van der Waals surface area contributed by atoms with Crippen LogP contribution < -0.4 is 5.73 Å². The molecule has 0 radical (unpaired) electrons. The zero-order chi connectivity index (χ0) is 14.2. The normalized spacial score (nSPS) is 15.4. The highest BCUT2D eigenvalue weighted by Gasteiger charge is 2.42. The van der Waals surface area contributed by atoms with Crippen LogP contribution in [0.1, 0.15) is 47.0 Å². The Hall–Kier alpha value is -0.220. The van der Waals surface area contributed by atoms with Crippen LogP contribution in [0, 0.1) is 0 Å². The fourth-order valence-electron chi connectivity index (χ4n) is 1.91. The van der Waals surface area contributed by atoms with Gasteiger partial charge in [-0.3, -0.25) is 9.36 Å². The first-order valence-electron chi connectivity index (χ1n) is 6.57. The number of carbonyl (C=O) groups is 1. The zero-order valence-corrected chi connectivity index (χ0v) is 12.7. The van der Waals surface area contributed by atoms with Gasteiger partial charge in [0, 0.05) is 6.04 Å². The third-order valence-electron chi connectivity index (χ3n) is 2.67. The minimum atomic E-state index is -3.46. The summed E-state index contributed by atoms with van der Waals surface area (Å²) < 4.78 is 23.1. The second-order valence-corrected chi connectivity index (χ2v) is 6.39. The van der Waals surface area contributed by atoms with Crippen molar-refractivity contribution in [3.63, 3.8) is 0 Å². The summed E-state index contributed by atoms with van der Waals surface area (Å²) in [5, 5.41) is 0. The number of carbonyl (C=O) groups excluding carboxylic acids is 1. The molecule has 0 aromatic carbocycles. The largest absolute Gasteiger partial charge is 0.342 e. The number of ketones is 1. The Morgan fingerprint density at radius 1 is 1.22 bits per heavy atom. The fraction of sp³-hybridized carbons (Fsp3) is 0.917. The molecule has 6 heteroatoms. The van der Waals surface area contributed by atoms with Gasteiger partial charge in [-0.15, -0.1) is 0 Å². The average Bonchev–Trinajstić information content (AvgIpc) is 2.26. The Kier molecular flexibility index (Phi) is 8.70. The summed E-state index contributed by atoms with van der Waals surface area (Å²) in [6.07, 6.45) is 2.51. The van der Waals surface area contributed by atoms with Gasteiger partial charge in [0.1, 0.15) is 11.4 Å². The number of rotatable bonds is 10. The van der Waals surface area contributed by atoms with Crippen LogP contribution >= 0.6 is 7.60 Å². The summed E-state index contributed by atoms with van der Waals surface area (Å²) in [6, 6.07) is -0.480. The predicted octanol–water partition coefficient (Wildman–Crippen LogP) is 2.73. The number of Topliss-reactive ketones (excluding diaryl/α,β-unsaturated/α-hetero) is 1. The molecule has 0 aromatic rings. The Labute approximate surface area is 110 Å². The highest BCUT2D eigenvalue weighted by molar-refractivity contribution is 7.55. The molecule has 0 fully saturated rings. The number of nitrogens with two attached hydrogens (primary N) is 1. The molecule has 108 valence electrons. The van der Waals surface area contributed by atoms with Crippen LogP contribution in [0.15, 0.2) is 0 Å². The first-order chi connectivity index (χ1) is 8.42. The minimum absolute atomic E-state index is 0.233. The second kappa shape index (κ2) is 8.81. The molecule has 2 atom stereocenters. The van der Waals surface area contributed by atoms with Crippen LogP contribution in [-0.2, 0) is 18.4 Å². The van der Waals surface area contributed by atoms with Gasteiger partial charge in [-0.2, -0.15) is 0 Å². The summed E-state index contributed by atoms with van der Waals surface area (Å²) >= 11 is 0. The third kappa shape index (κ3) is 5.19. The summed E-state index contributed by atoms with van der Waals surface area (Å²) in [5.74, 6) is -0.233. The molecule has 18 heavy (non-hydrogen) atoms. The first kappa shape index (κ1) is 17.8. The molecule has 0 saturated heterocycles. The van der Waals surface area contributed by atoms with E-state index in [0.717, 1.165) is 12.8 Å². The molecule has 0 saturated carbocycles. The number of unbranched alkanes of at least 4 members (excludes halogenated alkanes) is 1. The molecule has 0 aliphatic heterocycles. The first-order valence-corrected chi connectivity index (χ1v) is 8.18. The molecule has 0 heterocycles. The standard InChI is InChI=1S/C12H26NO4P/c1-5-8-9-11(13)12(10(4)14)18(15,16-6-2)17-7-3/h11-12H,5-9,13H2,1-4H3. The van der Waals surface area contributed by atoms with Crippen molar-refractivity contribution >= 4 is 13.4 Å². The molecule has 2 N–H and O–H groups in total. The number of hydrogen-bond acceptors (Lipinski definition) is 5. The minimum Gasteiger partial charge on any atom is -0.326 e. The lowest BCUT2D eigenvalue weighted by Gasteiger charge is -2.28. The van der Waals surface area contributed by atoms with Crippen LogP contribution in [-0.4, -0.2) is 30.7 Å². The highest BCUT2D eigenvalue weighted by atomic mass is 31.2. The Morgan fingerprint density at radius 2 is 1.72 bits per heavy atom. The van der Waals surface area contributed by atoms with Gasteiger partial charge in [-0.25, -0.2) is 0 Å². The molecular weight excluding hydrogens is 253 g/mol. The van der Waals surface area contributed by atoms with E-state index in [1.807, 2.05) is 6.92 Å². The summed E-state index contributed by atoms with van der Waals surface area (Å²) in [4.78, 5) is 11.7. The summed E-state index contributed by atoms with van der Waals surface area (Å²) in [6.45, 7) is 7.35. The quantitative estimate of drug-likeness (QED) is 0.622. The van der Waals surface area contributed by atoms with E-state index in [-0.39, 0.29) is 19.0 Å². The fourth-order valence-corrected chi connectivity index (χ4v) is 4.09. The maximum Gasteiger partial charge on any atom is 0.342 e. The van der Waals surface area contributed by atoms with Crippen molar-refractivity contribution in [2.24, 2.45) is 5.73 Å². The van der Waals surface area contributed by atoms with Crippen molar-refractivity contribution in [2.45, 2.75) is 58.7 Å². The number of hydrogen-bond donors (Lipinski definition) is 1. The predicted molar refractivity (Wildman–Crippen MR) is 72.8 cm³/mol. The van der Waals surface area contributed by atoms with Gasteiger partial charge in [0.15, 0.2) is 0 Å². The van der Waals surface area contributed by atoms with Gasteiger partial charge in [0.25, 0.3) is 0 Å². The molecular formula is C12H26NO4P.